The maximum absolute atomic E-state index is 11.7. The zero-order valence-electron chi connectivity index (χ0n) is 13.2. The minimum Gasteiger partial charge on any atom is -0.496 e. The molecular weight excluding hydrogens is 396 g/mol. The highest BCUT2D eigenvalue weighted by molar-refractivity contribution is 9.10. The van der Waals surface area contributed by atoms with Crippen LogP contribution in [0.2, 0.25) is 5.02 Å². The molecule has 0 bridgehead atoms. The van der Waals surface area contributed by atoms with E-state index in [0.29, 0.717) is 15.2 Å². The summed E-state index contributed by atoms with van der Waals surface area (Å²) in [6.07, 6.45) is 1.56. The summed E-state index contributed by atoms with van der Waals surface area (Å²) in [6, 6.07) is 10.7. The maximum Gasteiger partial charge on any atom is 0.277 e. The van der Waals surface area contributed by atoms with Gasteiger partial charge in [0.2, 0.25) is 0 Å². The van der Waals surface area contributed by atoms with Crippen LogP contribution in [0.5, 0.6) is 11.5 Å². The first-order chi connectivity index (χ1) is 11.5. The van der Waals surface area contributed by atoms with Gasteiger partial charge in [-0.2, -0.15) is 5.10 Å². The quantitative estimate of drug-likeness (QED) is 0.578. The number of carbonyl (C=O) groups excluding carboxylic acids is 1. The zero-order valence-corrected chi connectivity index (χ0v) is 15.5. The first-order valence-electron chi connectivity index (χ1n) is 7.04. The number of rotatable bonds is 6. The van der Waals surface area contributed by atoms with E-state index in [4.69, 9.17) is 21.1 Å². The summed E-state index contributed by atoms with van der Waals surface area (Å²) in [6.45, 7) is 1.78. The van der Waals surface area contributed by atoms with Gasteiger partial charge in [0, 0.05) is 5.02 Å². The molecule has 0 heterocycles. The smallest absolute Gasteiger partial charge is 0.277 e. The number of hydrogen-bond acceptors (Lipinski definition) is 4. The Kier molecular flexibility index (Phi) is 6.63. The van der Waals surface area contributed by atoms with E-state index in [-0.39, 0.29) is 12.5 Å². The highest BCUT2D eigenvalue weighted by Crippen LogP contribution is 2.27. The molecule has 0 spiro atoms. The maximum atomic E-state index is 11.7. The lowest BCUT2D eigenvalue weighted by atomic mass is 10.1. The van der Waals surface area contributed by atoms with Crippen molar-refractivity contribution in [1.82, 2.24) is 5.43 Å². The minimum atomic E-state index is -0.363. The zero-order chi connectivity index (χ0) is 17.5. The molecule has 7 heteroatoms. The van der Waals surface area contributed by atoms with Crippen molar-refractivity contribution in [3.05, 3.63) is 57.0 Å². The molecule has 0 fully saturated rings. The topological polar surface area (TPSA) is 59.9 Å². The number of nitrogens with one attached hydrogen (secondary N) is 1. The summed E-state index contributed by atoms with van der Waals surface area (Å²) < 4.78 is 11.3. The highest BCUT2D eigenvalue weighted by atomic mass is 79.9. The molecule has 0 atom stereocenters. The number of nitrogens with zero attached hydrogens (tertiary/aromatic N) is 1. The van der Waals surface area contributed by atoms with E-state index < -0.39 is 0 Å². The lowest BCUT2D eigenvalue weighted by molar-refractivity contribution is -0.123. The van der Waals surface area contributed by atoms with E-state index in [1.807, 2.05) is 25.1 Å². The van der Waals surface area contributed by atoms with Crippen LogP contribution in [0.3, 0.4) is 0 Å². The number of amides is 1. The summed E-state index contributed by atoms with van der Waals surface area (Å²) in [7, 11) is 1.62. The minimum absolute atomic E-state index is 0.154. The Bertz CT molecular complexity index is 765. The number of methoxy groups -OCH3 is 1. The van der Waals surface area contributed by atoms with E-state index in [2.05, 4.69) is 26.5 Å². The Morgan fingerprint density at radius 1 is 1.29 bits per heavy atom. The fourth-order valence-electron chi connectivity index (χ4n) is 1.93. The predicted molar refractivity (Wildman–Crippen MR) is 98.1 cm³/mol. The monoisotopic (exact) mass is 410 g/mol. The fourth-order valence-corrected chi connectivity index (χ4v) is 2.73. The molecule has 0 saturated carbocycles. The molecule has 0 aromatic heterocycles. The third kappa shape index (κ3) is 5.25. The fraction of sp³-hybridized carbons (Fsp3) is 0.176. The molecule has 1 N–H and O–H groups in total. The molecule has 0 aliphatic rings. The van der Waals surface area contributed by atoms with Crippen LogP contribution in [-0.2, 0) is 4.79 Å². The number of hydrazone groups is 1. The first-order valence-corrected chi connectivity index (χ1v) is 8.21. The van der Waals surface area contributed by atoms with Gasteiger partial charge in [0.1, 0.15) is 11.5 Å². The van der Waals surface area contributed by atoms with Crippen molar-refractivity contribution in [2.45, 2.75) is 6.92 Å². The predicted octanol–water partition coefficient (Wildman–Crippen LogP) is 3.95. The Hall–Kier alpha value is -2.05. The van der Waals surface area contributed by atoms with Gasteiger partial charge in [0.05, 0.1) is 17.8 Å². The second kappa shape index (κ2) is 8.70. The molecule has 2 rings (SSSR count). The van der Waals surface area contributed by atoms with Gasteiger partial charge in [-0.3, -0.25) is 4.79 Å². The molecule has 2 aromatic rings. The van der Waals surface area contributed by atoms with Crippen LogP contribution in [-0.4, -0.2) is 25.8 Å². The van der Waals surface area contributed by atoms with Crippen LogP contribution in [0.1, 0.15) is 11.1 Å². The van der Waals surface area contributed by atoms with Crippen molar-refractivity contribution in [3.8, 4) is 11.5 Å². The van der Waals surface area contributed by atoms with Gasteiger partial charge in [-0.15, -0.1) is 0 Å². The Morgan fingerprint density at radius 2 is 2.04 bits per heavy atom. The molecule has 0 radical (unpaired) electrons. The van der Waals surface area contributed by atoms with Crippen molar-refractivity contribution in [1.29, 1.82) is 0 Å². The third-order valence-corrected chi connectivity index (χ3v) is 3.93. The molecule has 0 unspecified atom stereocenters. The van der Waals surface area contributed by atoms with Crippen LogP contribution in [0.15, 0.2) is 46.0 Å². The molecule has 5 nitrogen and oxygen atoms in total. The molecule has 2 aromatic carbocycles. The summed E-state index contributed by atoms with van der Waals surface area (Å²) in [5.74, 6) is 0.973. The van der Waals surface area contributed by atoms with Crippen LogP contribution < -0.4 is 14.9 Å². The number of halogens is 2. The Labute approximate surface area is 153 Å². The van der Waals surface area contributed by atoms with Crippen molar-refractivity contribution in [2.24, 2.45) is 5.10 Å². The van der Waals surface area contributed by atoms with Crippen LogP contribution in [0.4, 0.5) is 0 Å². The highest BCUT2D eigenvalue weighted by Gasteiger charge is 2.05. The number of hydrogen-bond donors (Lipinski definition) is 1. The van der Waals surface area contributed by atoms with E-state index >= 15 is 0 Å². The van der Waals surface area contributed by atoms with Gasteiger partial charge < -0.3 is 9.47 Å². The average molecular weight is 412 g/mol. The van der Waals surface area contributed by atoms with E-state index in [0.717, 1.165) is 16.9 Å². The number of aryl methyl sites for hydroxylation is 1. The lowest BCUT2D eigenvalue weighted by Gasteiger charge is -2.07. The number of carbonyl (C=O) groups is 1. The second-order valence-corrected chi connectivity index (χ2v) is 6.18. The van der Waals surface area contributed by atoms with Crippen LogP contribution in [0.25, 0.3) is 0 Å². The van der Waals surface area contributed by atoms with Crippen LogP contribution in [0, 0.1) is 6.92 Å². The average Bonchev–Trinajstić information content (AvgIpc) is 2.54. The largest absolute Gasteiger partial charge is 0.496 e. The Morgan fingerprint density at radius 3 is 2.71 bits per heavy atom. The lowest BCUT2D eigenvalue weighted by Crippen LogP contribution is -2.24. The summed E-state index contributed by atoms with van der Waals surface area (Å²) in [5.41, 5.74) is 4.26. The van der Waals surface area contributed by atoms with E-state index in [1.54, 1.807) is 31.5 Å². The molecule has 24 heavy (non-hydrogen) atoms. The molecule has 0 saturated heterocycles. The second-order valence-electron chi connectivity index (χ2n) is 4.89. The number of benzene rings is 2. The van der Waals surface area contributed by atoms with Crippen molar-refractivity contribution >= 4 is 39.7 Å². The van der Waals surface area contributed by atoms with Gasteiger partial charge in [0.15, 0.2) is 6.61 Å². The summed E-state index contributed by atoms with van der Waals surface area (Å²) in [5, 5.41) is 4.49. The number of ether oxygens (including phenoxy) is 2. The van der Waals surface area contributed by atoms with Gasteiger partial charge >= 0.3 is 0 Å². The SMILES string of the molecule is COc1ccc(C=NNC(=O)COc2ccc(Cl)cc2Br)cc1C. The molecule has 126 valence electrons. The normalized spacial score (nSPS) is 10.7. The molecule has 1 amide bonds. The standard InChI is InChI=1S/C17H16BrClN2O3/c1-11-7-12(3-5-15(11)23-2)9-20-21-17(22)10-24-16-6-4-13(19)8-14(16)18/h3-9H,10H2,1-2H3,(H,21,22). The third-order valence-electron chi connectivity index (χ3n) is 3.07. The molecule has 0 aliphatic heterocycles. The Balaban J connectivity index is 1.85. The van der Waals surface area contributed by atoms with Gasteiger partial charge in [-0.1, -0.05) is 11.6 Å². The van der Waals surface area contributed by atoms with Crippen molar-refractivity contribution in [2.75, 3.05) is 13.7 Å². The molecule has 0 aliphatic carbocycles. The summed E-state index contributed by atoms with van der Waals surface area (Å²) in [4.78, 5) is 11.7. The summed E-state index contributed by atoms with van der Waals surface area (Å²) >= 11 is 9.16. The van der Waals surface area contributed by atoms with Crippen molar-refractivity contribution < 1.29 is 14.3 Å². The van der Waals surface area contributed by atoms with Gasteiger partial charge in [-0.05, 0) is 70.4 Å². The van der Waals surface area contributed by atoms with Crippen molar-refractivity contribution in [3.63, 3.8) is 0 Å². The van der Waals surface area contributed by atoms with E-state index in [9.17, 15) is 4.79 Å². The van der Waals surface area contributed by atoms with E-state index in [1.165, 1.54) is 0 Å². The van der Waals surface area contributed by atoms with Gasteiger partial charge in [0.25, 0.3) is 5.91 Å². The van der Waals surface area contributed by atoms with Gasteiger partial charge in [-0.25, -0.2) is 5.43 Å². The first kappa shape index (κ1) is 18.3. The molecular formula is C17H16BrClN2O3. The van der Waals surface area contributed by atoms with Crippen LogP contribution >= 0.6 is 27.5 Å².